The van der Waals surface area contributed by atoms with E-state index >= 15 is 0 Å². The maximum atomic E-state index is 2.27. The van der Waals surface area contributed by atoms with Crippen LogP contribution in [0.5, 0.6) is 0 Å². The van der Waals surface area contributed by atoms with Crippen LogP contribution in [0, 0.1) is 0 Å². The maximum absolute atomic E-state index is 2.27. The first kappa shape index (κ1) is 17.6. The predicted molar refractivity (Wildman–Crippen MR) is 44.4 cm³/mol. The van der Waals surface area contributed by atoms with Gasteiger partial charge in [0.2, 0.25) is 0 Å². The van der Waals surface area contributed by atoms with Crippen molar-refractivity contribution in [3.63, 3.8) is 0 Å². The molecule has 0 radical (unpaired) electrons. The molecule has 0 rings (SSSR count). The second-order valence-electron chi connectivity index (χ2n) is 2.61. The van der Waals surface area contributed by atoms with Gasteiger partial charge in [-0.1, -0.05) is 0 Å². The summed E-state index contributed by atoms with van der Waals surface area (Å²) in [5.41, 5.74) is 0. The summed E-state index contributed by atoms with van der Waals surface area (Å²) in [5, 5.41) is 0. The predicted octanol–water partition coefficient (Wildman–Crippen LogP) is 1.70. The molecule has 1 N–H and O–H groups in total. The standard InChI is InChI=1S/C8H20N.H2O.Ru/c1-5-9(6-2,7-3)8-4;;/h5-8H2,1-4H3;1H2;/q+1;;/p-1. The first-order valence-corrected chi connectivity index (χ1v) is 4.09. The Kier molecular flexibility index (Phi) is 13.8. The molecule has 0 spiro atoms. The molecule has 0 saturated carbocycles. The van der Waals surface area contributed by atoms with Crippen molar-refractivity contribution >= 4 is 0 Å². The maximum Gasteiger partial charge on any atom is 0.0757 e. The van der Waals surface area contributed by atoms with Crippen LogP contribution in [0.15, 0.2) is 0 Å². The van der Waals surface area contributed by atoms with E-state index in [1.165, 1.54) is 30.7 Å². The third kappa shape index (κ3) is 4.89. The third-order valence-corrected chi connectivity index (χ3v) is 2.68. The molecule has 0 aliphatic carbocycles. The van der Waals surface area contributed by atoms with Crippen LogP contribution in [-0.4, -0.2) is 36.1 Å². The van der Waals surface area contributed by atoms with Gasteiger partial charge in [-0.3, -0.25) is 0 Å². The fourth-order valence-electron chi connectivity index (χ4n) is 1.34. The monoisotopic (exact) mass is 249 g/mol. The van der Waals surface area contributed by atoms with Crippen LogP contribution in [0.4, 0.5) is 0 Å². The molecule has 0 aliphatic heterocycles. The first-order chi connectivity index (χ1) is 4.24. The zero-order chi connectivity index (χ0) is 7.33. The van der Waals surface area contributed by atoms with Crippen LogP contribution in [0.3, 0.4) is 0 Å². The van der Waals surface area contributed by atoms with E-state index in [0.717, 1.165) is 0 Å². The van der Waals surface area contributed by atoms with Gasteiger partial charge in [0, 0.05) is 19.5 Å². The van der Waals surface area contributed by atoms with Gasteiger partial charge >= 0.3 is 0 Å². The summed E-state index contributed by atoms with van der Waals surface area (Å²) in [7, 11) is 0. The van der Waals surface area contributed by atoms with Crippen LogP contribution >= 0.6 is 0 Å². The molecule has 0 heterocycles. The van der Waals surface area contributed by atoms with Gasteiger partial charge < -0.3 is 9.96 Å². The second-order valence-corrected chi connectivity index (χ2v) is 2.61. The quantitative estimate of drug-likeness (QED) is 0.550. The molecule has 3 heteroatoms. The van der Waals surface area contributed by atoms with Crippen LogP contribution in [0.2, 0.25) is 0 Å². The van der Waals surface area contributed by atoms with E-state index in [1.54, 1.807) is 0 Å². The van der Waals surface area contributed by atoms with Crippen molar-refractivity contribution in [1.82, 2.24) is 0 Å². The Balaban J connectivity index is -0.000000320. The number of rotatable bonds is 4. The molecule has 0 atom stereocenters. The fourth-order valence-corrected chi connectivity index (χ4v) is 1.34. The van der Waals surface area contributed by atoms with Crippen LogP contribution in [0.25, 0.3) is 0 Å². The Labute approximate surface area is 83.6 Å². The van der Waals surface area contributed by atoms with Crippen molar-refractivity contribution < 1.29 is 29.4 Å². The summed E-state index contributed by atoms with van der Waals surface area (Å²) in [5.74, 6) is 0. The Hall–Kier alpha value is 0.543. The van der Waals surface area contributed by atoms with E-state index in [-0.39, 0.29) is 25.0 Å². The Bertz CT molecular complexity index is 57.0. The SMILES string of the molecule is CC[N+](CC)(CC)CC.[OH-].[Ru]. The van der Waals surface area contributed by atoms with Gasteiger partial charge in [0.1, 0.15) is 0 Å². The van der Waals surface area contributed by atoms with Crippen molar-refractivity contribution in [2.45, 2.75) is 27.7 Å². The molecule has 0 aromatic rings. The van der Waals surface area contributed by atoms with E-state index in [4.69, 9.17) is 0 Å². The van der Waals surface area contributed by atoms with E-state index in [2.05, 4.69) is 27.7 Å². The summed E-state index contributed by atoms with van der Waals surface area (Å²) in [4.78, 5) is 0. The Morgan fingerprint density at radius 3 is 0.909 bits per heavy atom. The van der Waals surface area contributed by atoms with E-state index in [1.807, 2.05) is 0 Å². The number of hydrogen-bond acceptors (Lipinski definition) is 1. The van der Waals surface area contributed by atoms with Gasteiger partial charge in [-0.25, -0.2) is 0 Å². The smallest absolute Gasteiger partial charge is 0.0757 e. The molecule has 0 fully saturated rings. The molecule has 0 aromatic carbocycles. The normalized spacial score (nSPS) is 9.82. The minimum Gasteiger partial charge on any atom is -0.870 e. The Morgan fingerprint density at radius 2 is 0.909 bits per heavy atom. The van der Waals surface area contributed by atoms with E-state index in [0.29, 0.717) is 0 Å². The second kappa shape index (κ2) is 8.64. The minimum atomic E-state index is 0. The van der Waals surface area contributed by atoms with Gasteiger partial charge in [-0.15, -0.1) is 0 Å². The first-order valence-electron chi connectivity index (χ1n) is 4.09. The third-order valence-electron chi connectivity index (χ3n) is 2.68. The molecule has 0 unspecified atom stereocenters. The van der Waals surface area contributed by atoms with E-state index in [9.17, 15) is 0 Å². The summed E-state index contributed by atoms with van der Waals surface area (Å²) in [6.07, 6.45) is 0. The zero-order valence-corrected chi connectivity index (χ0v) is 9.81. The molecule has 0 aliphatic rings. The largest absolute Gasteiger partial charge is 0.870 e. The molecule has 0 saturated heterocycles. The fraction of sp³-hybridized carbons (Fsp3) is 1.00. The van der Waals surface area contributed by atoms with Crippen molar-refractivity contribution in [3.8, 4) is 0 Å². The van der Waals surface area contributed by atoms with Gasteiger partial charge in [-0.2, -0.15) is 0 Å². The van der Waals surface area contributed by atoms with Gasteiger partial charge in [0.15, 0.2) is 0 Å². The van der Waals surface area contributed by atoms with Crippen LogP contribution in [-0.2, 0) is 19.5 Å². The van der Waals surface area contributed by atoms with Gasteiger partial charge in [0.25, 0.3) is 0 Å². The summed E-state index contributed by atoms with van der Waals surface area (Å²) < 4.78 is 1.28. The molecule has 0 bridgehead atoms. The van der Waals surface area contributed by atoms with Crippen LogP contribution in [0.1, 0.15) is 27.7 Å². The summed E-state index contributed by atoms with van der Waals surface area (Å²) in [6.45, 7) is 14.2. The number of nitrogens with zero attached hydrogens (tertiary/aromatic N) is 1. The average molecular weight is 248 g/mol. The van der Waals surface area contributed by atoms with Crippen molar-refractivity contribution in [1.29, 1.82) is 0 Å². The molecule has 0 aromatic heterocycles. The minimum absolute atomic E-state index is 0. The van der Waals surface area contributed by atoms with Gasteiger partial charge in [-0.05, 0) is 27.7 Å². The topological polar surface area (TPSA) is 30.0 Å². The molecule has 11 heavy (non-hydrogen) atoms. The summed E-state index contributed by atoms with van der Waals surface area (Å²) >= 11 is 0. The summed E-state index contributed by atoms with van der Waals surface area (Å²) in [6, 6.07) is 0. The van der Waals surface area contributed by atoms with Crippen molar-refractivity contribution in [2.24, 2.45) is 0 Å². The Morgan fingerprint density at radius 1 is 0.727 bits per heavy atom. The zero-order valence-electron chi connectivity index (χ0n) is 8.08. The van der Waals surface area contributed by atoms with Gasteiger partial charge in [0.05, 0.1) is 26.2 Å². The van der Waals surface area contributed by atoms with Crippen molar-refractivity contribution in [3.05, 3.63) is 0 Å². The van der Waals surface area contributed by atoms with E-state index < -0.39 is 0 Å². The molecular weight excluding hydrogens is 227 g/mol. The molecular formula is C8H21NORu. The average Bonchev–Trinajstić information content (AvgIpc) is 1.95. The molecule has 72 valence electrons. The van der Waals surface area contributed by atoms with Crippen LogP contribution < -0.4 is 0 Å². The number of hydrogen-bond donors (Lipinski definition) is 0. The van der Waals surface area contributed by atoms with Crippen molar-refractivity contribution in [2.75, 3.05) is 26.2 Å². The number of quaternary nitrogens is 1. The molecule has 0 amide bonds. The molecule has 2 nitrogen and oxygen atoms in total.